The van der Waals surface area contributed by atoms with Crippen molar-refractivity contribution in [2.75, 3.05) is 5.32 Å². The summed E-state index contributed by atoms with van der Waals surface area (Å²) < 4.78 is 7.15. The van der Waals surface area contributed by atoms with E-state index in [-0.39, 0.29) is 0 Å². The molecule has 6 heteroatoms. The second kappa shape index (κ2) is 5.78. The minimum Gasteiger partial charge on any atom is -0.423 e. The van der Waals surface area contributed by atoms with E-state index in [1.807, 2.05) is 35.1 Å². The van der Waals surface area contributed by atoms with Crippen molar-refractivity contribution >= 4 is 5.69 Å². The molecule has 0 spiro atoms. The topological polar surface area (TPSA) is 68.8 Å². The summed E-state index contributed by atoms with van der Waals surface area (Å²) in [5.74, 6) is 0.520. The van der Waals surface area contributed by atoms with E-state index in [9.17, 15) is 0 Å². The SMILES string of the molecule is CC(C)n1cc(CNc2cccc(-c3nnco3)c2)cn1. The summed E-state index contributed by atoms with van der Waals surface area (Å²) in [6.45, 7) is 4.94. The van der Waals surface area contributed by atoms with Crippen LogP contribution in [0.25, 0.3) is 11.5 Å². The number of anilines is 1. The van der Waals surface area contributed by atoms with Gasteiger partial charge in [0.05, 0.1) is 6.20 Å². The average molecular weight is 283 g/mol. The summed E-state index contributed by atoms with van der Waals surface area (Å²) in [6.07, 6.45) is 5.27. The first kappa shape index (κ1) is 13.4. The Bertz CT molecular complexity index is 702. The molecule has 0 aliphatic rings. The zero-order valence-corrected chi connectivity index (χ0v) is 12.0. The van der Waals surface area contributed by atoms with Crippen LogP contribution >= 0.6 is 0 Å². The fraction of sp³-hybridized carbons (Fsp3) is 0.267. The van der Waals surface area contributed by atoms with Crippen molar-refractivity contribution in [3.05, 3.63) is 48.6 Å². The quantitative estimate of drug-likeness (QED) is 0.779. The molecule has 0 radical (unpaired) electrons. The van der Waals surface area contributed by atoms with E-state index < -0.39 is 0 Å². The maximum absolute atomic E-state index is 5.20. The maximum atomic E-state index is 5.20. The first-order valence-electron chi connectivity index (χ1n) is 6.86. The van der Waals surface area contributed by atoms with E-state index in [1.54, 1.807) is 0 Å². The minimum atomic E-state index is 0.375. The summed E-state index contributed by atoms with van der Waals surface area (Å²) in [6, 6.07) is 8.27. The van der Waals surface area contributed by atoms with Crippen molar-refractivity contribution in [2.24, 2.45) is 0 Å². The predicted molar refractivity (Wildman–Crippen MR) is 79.7 cm³/mol. The van der Waals surface area contributed by atoms with E-state index in [0.717, 1.165) is 23.4 Å². The monoisotopic (exact) mass is 283 g/mol. The Hall–Kier alpha value is -2.63. The standard InChI is InChI=1S/C15H17N5O/c1-11(2)20-9-12(8-18-20)7-16-14-5-3-4-13(6-14)15-19-17-10-21-15/h3-6,8-11,16H,7H2,1-2H3. The third-order valence-electron chi connectivity index (χ3n) is 3.15. The highest BCUT2D eigenvalue weighted by molar-refractivity contribution is 5.60. The lowest BCUT2D eigenvalue weighted by Gasteiger charge is -2.06. The molecule has 3 aromatic rings. The predicted octanol–water partition coefficient (Wildman–Crippen LogP) is 3.13. The molecule has 2 heterocycles. The molecule has 0 saturated carbocycles. The van der Waals surface area contributed by atoms with Gasteiger partial charge in [-0.2, -0.15) is 5.10 Å². The molecule has 6 nitrogen and oxygen atoms in total. The lowest BCUT2D eigenvalue weighted by Crippen LogP contribution is -2.01. The zero-order valence-electron chi connectivity index (χ0n) is 12.0. The number of aromatic nitrogens is 4. The van der Waals surface area contributed by atoms with Crippen LogP contribution in [0.5, 0.6) is 0 Å². The normalized spacial score (nSPS) is 11.0. The lowest BCUT2D eigenvalue weighted by atomic mass is 10.2. The molecule has 0 aliphatic carbocycles. The van der Waals surface area contributed by atoms with Crippen LogP contribution in [0.1, 0.15) is 25.5 Å². The van der Waals surface area contributed by atoms with Crippen molar-refractivity contribution in [1.82, 2.24) is 20.0 Å². The molecule has 108 valence electrons. The number of hydrogen-bond donors (Lipinski definition) is 1. The van der Waals surface area contributed by atoms with Crippen molar-refractivity contribution in [3.8, 4) is 11.5 Å². The summed E-state index contributed by atoms with van der Waals surface area (Å²) in [7, 11) is 0. The Balaban J connectivity index is 1.69. The van der Waals surface area contributed by atoms with Crippen LogP contribution < -0.4 is 5.32 Å². The average Bonchev–Trinajstić information content (AvgIpc) is 3.17. The van der Waals surface area contributed by atoms with E-state index in [4.69, 9.17) is 4.42 Å². The molecule has 0 aliphatic heterocycles. The highest BCUT2D eigenvalue weighted by Crippen LogP contribution is 2.20. The second-order valence-corrected chi connectivity index (χ2v) is 5.10. The van der Waals surface area contributed by atoms with Gasteiger partial charge in [-0.3, -0.25) is 4.68 Å². The smallest absolute Gasteiger partial charge is 0.247 e. The van der Waals surface area contributed by atoms with Gasteiger partial charge in [0, 0.05) is 35.6 Å². The van der Waals surface area contributed by atoms with E-state index >= 15 is 0 Å². The van der Waals surface area contributed by atoms with Gasteiger partial charge >= 0.3 is 0 Å². The van der Waals surface area contributed by atoms with Gasteiger partial charge in [-0.15, -0.1) is 10.2 Å². The molecular formula is C15H17N5O. The van der Waals surface area contributed by atoms with Crippen molar-refractivity contribution in [1.29, 1.82) is 0 Å². The zero-order chi connectivity index (χ0) is 14.7. The van der Waals surface area contributed by atoms with Gasteiger partial charge in [-0.05, 0) is 32.0 Å². The third kappa shape index (κ3) is 3.10. The van der Waals surface area contributed by atoms with Gasteiger partial charge < -0.3 is 9.73 Å². The molecule has 0 unspecified atom stereocenters. The van der Waals surface area contributed by atoms with Gasteiger partial charge in [0.1, 0.15) is 0 Å². The Morgan fingerprint density at radius 2 is 2.24 bits per heavy atom. The molecule has 0 atom stereocenters. The summed E-state index contributed by atoms with van der Waals surface area (Å²) in [4.78, 5) is 0. The molecule has 0 saturated heterocycles. The van der Waals surface area contributed by atoms with Gasteiger partial charge in [0.25, 0.3) is 0 Å². The molecular weight excluding hydrogens is 266 g/mol. The summed E-state index contributed by atoms with van der Waals surface area (Å²) >= 11 is 0. The molecule has 3 rings (SSSR count). The Kier molecular flexibility index (Phi) is 3.68. The number of rotatable bonds is 5. The number of nitrogens with one attached hydrogen (secondary N) is 1. The minimum absolute atomic E-state index is 0.375. The molecule has 0 fully saturated rings. The fourth-order valence-electron chi connectivity index (χ4n) is 2.02. The van der Waals surface area contributed by atoms with Gasteiger partial charge in [-0.1, -0.05) is 6.07 Å². The van der Waals surface area contributed by atoms with E-state index in [1.165, 1.54) is 6.39 Å². The molecule has 0 bridgehead atoms. The first-order chi connectivity index (χ1) is 10.2. The number of nitrogens with zero attached hydrogens (tertiary/aromatic N) is 4. The van der Waals surface area contributed by atoms with Crippen LogP contribution in [0.4, 0.5) is 5.69 Å². The van der Waals surface area contributed by atoms with E-state index in [0.29, 0.717) is 11.9 Å². The van der Waals surface area contributed by atoms with Crippen LogP contribution in [-0.2, 0) is 6.54 Å². The van der Waals surface area contributed by atoms with Crippen molar-refractivity contribution in [3.63, 3.8) is 0 Å². The lowest BCUT2D eigenvalue weighted by molar-refractivity contribution is 0.532. The third-order valence-corrected chi connectivity index (χ3v) is 3.15. The summed E-state index contributed by atoms with van der Waals surface area (Å²) in [5, 5.41) is 15.3. The van der Waals surface area contributed by atoms with Crippen molar-refractivity contribution in [2.45, 2.75) is 26.4 Å². The Morgan fingerprint density at radius 3 is 2.95 bits per heavy atom. The van der Waals surface area contributed by atoms with E-state index in [2.05, 4.69) is 40.7 Å². The van der Waals surface area contributed by atoms with Crippen molar-refractivity contribution < 1.29 is 4.42 Å². The van der Waals surface area contributed by atoms with Crippen LogP contribution in [0.15, 0.2) is 47.5 Å². The highest BCUT2D eigenvalue weighted by atomic mass is 16.4. The Labute approximate surface area is 122 Å². The van der Waals surface area contributed by atoms with Crippen LogP contribution in [0, 0.1) is 0 Å². The summed E-state index contributed by atoms with van der Waals surface area (Å²) in [5.41, 5.74) is 3.05. The molecule has 21 heavy (non-hydrogen) atoms. The highest BCUT2D eigenvalue weighted by Gasteiger charge is 2.05. The van der Waals surface area contributed by atoms with Gasteiger partial charge in [0.2, 0.25) is 12.3 Å². The molecule has 2 aromatic heterocycles. The maximum Gasteiger partial charge on any atom is 0.247 e. The molecule has 0 amide bonds. The molecule has 1 N–H and O–H groups in total. The number of hydrogen-bond acceptors (Lipinski definition) is 5. The largest absolute Gasteiger partial charge is 0.423 e. The van der Waals surface area contributed by atoms with Crippen LogP contribution in [0.2, 0.25) is 0 Å². The van der Waals surface area contributed by atoms with Crippen LogP contribution in [0.3, 0.4) is 0 Å². The van der Waals surface area contributed by atoms with Gasteiger partial charge in [0.15, 0.2) is 0 Å². The first-order valence-corrected chi connectivity index (χ1v) is 6.86. The van der Waals surface area contributed by atoms with Gasteiger partial charge in [-0.25, -0.2) is 0 Å². The number of benzene rings is 1. The molecule has 1 aromatic carbocycles. The Morgan fingerprint density at radius 1 is 1.33 bits per heavy atom. The van der Waals surface area contributed by atoms with Crippen LogP contribution in [-0.4, -0.2) is 20.0 Å². The fourth-order valence-corrected chi connectivity index (χ4v) is 2.02. The second-order valence-electron chi connectivity index (χ2n) is 5.10.